The van der Waals surface area contributed by atoms with Gasteiger partial charge in [-0.3, -0.25) is 24.5 Å². The fourth-order valence-electron chi connectivity index (χ4n) is 1.95. The number of nitrogens with one attached hydrogen (secondary N) is 1. The van der Waals surface area contributed by atoms with Crippen LogP contribution in [0.1, 0.15) is 10.5 Å². The second kappa shape index (κ2) is 4.49. The Morgan fingerprint density at radius 2 is 2.16 bits per heavy atom. The maximum absolute atomic E-state index is 12.4. The first-order chi connectivity index (χ1) is 9.25. The largest absolute Gasteiger partial charge is 0.321 e. The third-order valence-electron chi connectivity index (χ3n) is 2.79. The van der Waals surface area contributed by atoms with E-state index in [9.17, 15) is 9.59 Å². The molecule has 6 nitrogen and oxygen atoms in total. The molecule has 0 aliphatic carbocycles. The summed E-state index contributed by atoms with van der Waals surface area (Å²) >= 11 is 0. The van der Waals surface area contributed by atoms with Gasteiger partial charge in [0, 0.05) is 12.4 Å². The van der Waals surface area contributed by atoms with Crippen LogP contribution in [0.15, 0.2) is 42.9 Å². The minimum atomic E-state index is -0.303. The van der Waals surface area contributed by atoms with E-state index in [1.54, 1.807) is 36.7 Å². The van der Waals surface area contributed by atoms with E-state index in [1.165, 1.54) is 11.1 Å². The molecule has 0 aromatic carbocycles. The highest BCUT2D eigenvalue weighted by atomic mass is 16.2. The molecule has 0 unspecified atom stereocenters. The predicted octanol–water partition coefficient (Wildman–Crippen LogP) is 1.08. The highest BCUT2D eigenvalue weighted by Crippen LogP contribution is 2.28. The Bertz CT molecular complexity index is 642. The molecule has 3 rings (SSSR count). The molecule has 2 aromatic rings. The monoisotopic (exact) mass is 254 g/mol. The van der Waals surface area contributed by atoms with Gasteiger partial charge in [-0.05, 0) is 18.2 Å². The summed E-state index contributed by atoms with van der Waals surface area (Å²) in [5.74, 6) is -0.548. The number of rotatable bonds is 1. The lowest BCUT2D eigenvalue weighted by molar-refractivity contribution is -0.115. The Labute approximate surface area is 109 Å². The zero-order valence-corrected chi connectivity index (χ0v) is 9.91. The Morgan fingerprint density at radius 3 is 2.95 bits per heavy atom. The smallest absolute Gasteiger partial charge is 0.277 e. The summed E-state index contributed by atoms with van der Waals surface area (Å²) in [6.07, 6.45) is 4.64. The molecule has 0 radical (unpaired) electrons. The van der Waals surface area contributed by atoms with Gasteiger partial charge < -0.3 is 5.32 Å². The Kier molecular flexibility index (Phi) is 2.68. The molecule has 2 amide bonds. The van der Waals surface area contributed by atoms with E-state index >= 15 is 0 Å². The first-order valence-corrected chi connectivity index (χ1v) is 5.72. The van der Waals surface area contributed by atoms with Gasteiger partial charge in [0.15, 0.2) is 0 Å². The summed E-state index contributed by atoms with van der Waals surface area (Å²) < 4.78 is 0. The fraction of sp³-hybridized carbons (Fsp3) is 0.0769. The average molecular weight is 254 g/mol. The van der Waals surface area contributed by atoms with Gasteiger partial charge in [-0.2, -0.15) is 0 Å². The van der Waals surface area contributed by atoms with E-state index in [0.717, 1.165) is 0 Å². The summed E-state index contributed by atoms with van der Waals surface area (Å²) in [7, 11) is 0. The van der Waals surface area contributed by atoms with Gasteiger partial charge in [-0.1, -0.05) is 6.07 Å². The van der Waals surface area contributed by atoms with Crippen molar-refractivity contribution >= 4 is 23.2 Å². The van der Waals surface area contributed by atoms with Crippen molar-refractivity contribution in [2.24, 2.45) is 0 Å². The second-order valence-corrected chi connectivity index (χ2v) is 4.05. The first kappa shape index (κ1) is 11.3. The van der Waals surface area contributed by atoms with E-state index in [2.05, 4.69) is 15.3 Å². The van der Waals surface area contributed by atoms with Crippen LogP contribution in [0.4, 0.5) is 11.4 Å². The predicted molar refractivity (Wildman–Crippen MR) is 68.8 cm³/mol. The van der Waals surface area contributed by atoms with Crippen LogP contribution in [-0.2, 0) is 4.79 Å². The molecule has 3 heterocycles. The highest BCUT2D eigenvalue weighted by molar-refractivity contribution is 6.14. The molecule has 1 N–H and O–H groups in total. The maximum Gasteiger partial charge on any atom is 0.277 e. The van der Waals surface area contributed by atoms with E-state index in [4.69, 9.17) is 0 Å². The lowest BCUT2D eigenvalue weighted by atomic mass is 10.2. The molecular formula is C13H10N4O2. The third-order valence-corrected chi connectivity index (χ3v) is 2.79. The number of aromatic nitrogens is 2. The van der Waals surface area contributed by atoms with Crippen LogP contribution in [0.3, 0.4) is 0 Å². The third kappa shape index (κ3) is 2.03. The van der Waals surface area contributed by atoms with Crippen LogP contribution in [0, 0.1) is 0 Å². The SMILES string of the molecule is O=C1CN(C(=O)c2ccccn2)c2ccncc2N1. The van der Waals surface area contributed by atoms with Gasteiger partial charge in [0.2, 0.25) is 5.91 Å². The summed E-state index contributed by atoms with van der Waals surface area (Å²) in [5.41, 5.74) is 1.47. The van der Waals surface area contributed by atoms with Gasteiger partial charge in [0.25, 0.3) is 5.91 Å². The van der Waals surface area contributed by atoms with Crippen LogP contribution in [-0.4, -0.2) is 28.3 Å². The molecule has 2 aromatic heterocycles. The van der Waals surface area contributed by atoms with Crippen molar-refractivity contribution in [3.05, 3.63) is 48.5 Å². The molecule has 0 spiro atoms. The van der Waals surface area contributed by atoms with Crippen LogP contribution >= 0.6 is 0 Å². The van der Waals surface area contributed by atoms with Gasteiger partial charge in [0.05, 0.1) is 17.6 Å². The van der Waals surface area contributed by atoms with Crippen molar-refractivity contribution in [1.82, 2.24) is 9.97 Å². The fourth-order valence-corrected chi connectivity index (χ4v) is 1.95. The molecular weight excluding hydrogens is 244 g/mol. The van der Waals surface area contributed by atoms with Gasteiger partial charge in [-0.15, -0.1) is 0 Å². The Hall–Kier alpha value is -2.76. The van der Waals surface area contributed by atoms with Crippen molar-refractivity contribution in [2.45, 2.75) is 0 Å². The van der Waals surface area contributed by atoms with Crippen LogP contribution < -0.4 is 10.2 Å². The number of pyridine rings is 2. The van der Waals surface area contributed by atoms with Crippen molar-refractivity contribution in [3.63, 3.8) is 0 Å². The normalized spacial score (nSPS) is 13.7. The minimum Gasteiger partial charge on any atom is -0.321 e. The van der Waals surface area contributed by atoms with E-state index < -0.39 is 0 Å². The summed E-state index contributed by atoms with van der Waals surface area (Å²) in [5, 5.41) is 2.68. The second-order valence-electron chi connectivity index (χ2n) is 4.05. The number of hydrogen-bond acceptors (Lipinski definition) is 4. The summed E-state index contributed by atoms with van der Waals surface area (Å²) in [6, 6.07) is 6.78. The van der Waals surface area contributed by atoms with Crippen LogP contribution in [0.5, 0.6) is 0 Å². The van der Waals surface area contributed by atoms with Gasteiger partial charge >= 0.3 is 0 Å². The van der Waals surface area contributed by atoms with Gasteiger partial charge in [0.1, 0.15) is 12.2 Å². The zero-order valence-electron chi connectivity index (χ0n) is 9.91. The molecule has 19 heavy (non-hydrogen) atoms. The lowest BCUT2D eigenvalue weighted by Gasteiger charge is -2.28. The molecule has 1 aliphatic rings. The summed E-state index contributed by atoms with van der Waals surface area (Å²) in [4.78, 5) is 33.3. The molecule has 0 saturated carbocycles. The van der Waals surface area contributed by atoms with E-state index in [0.29, 0.717) is 17.1 Å². The zero-order chi connectivity index (χ0) is 13.2. The molecule has 1 aliphatic heterocycles. The number of amides is 2. The summed E-state index contributed by atoms with van der Waals surface area (Å²) in [6.45, 7) is -0.0214. The number of fused-ring (bicyclic) bond motifs is 1. The highest BCUT2D eigenvalue weighted by Gasteiger charge is 2.28. The van der Waals surface area contributed by atoms with Crippen LogP contribution in [0.2, 0.25) is 0 Å². The number of carbonyl (C=O) groups is 2. The number of hydrogen-bond donors (Lipinski definition) is 1. The lowest BCUT2D eigenvalue weighted by Crippen LogP contribution is -2.42. The quantitative estimate of drug-likeness (QED) is 0.826. The topological polar surface area (TPSA) is 75.2 Å². The van der Waals surface area contributed by atoms with E-state index in [1.807, 2.05) is 0 Å². The van der Waals surface area contributed by atoms with Crippen molar-refractivity contribution in [3.8, 4) is 0 Å². The number of anilines is 2. The maximum atomic E-state index is 12.4. The van der Waals surface area contributed by atoms with Crippen molar-refractivity contribution in [1.29, 1.82) is 0 Å². The standard InChI is InChI=1S/C13H10N4O2/c18-12-8-17(11-4-6-14-7-10(11)16-12)13(19)9-3-1-2-5-15-9/h1-7H,8H2,(H,16,18). The average Bonchev–Trinajstić information content (AvgIpc) is 2.46. The molecule has 6 heteroatoms. The van der Waals surface area contributed by atoms with Crippen molar-refractivity contribution in [2.75, 3.05) is 16.8 Å². The van der Waals surface area contributed by atoms with Crippen LogP contribution in [0.25, 0.3) is 0 Å². The Morgan fingerprint density at radius 1 is 1.26 bits per heavy atom. The molecule has 0 saturated heterocycles. The number of carbonyl (C=O) groups excluding carboxylic acids is 2. The molecule has 0 fully saturated rings. The van der Waals surface area contributed by atoms with Crippen molar-refractivity contribution < 1.29 is 9.59 Å². The molecule has 94 valence electrons. The number of nitrogens with zero attached hydrogens (tertiary/aromatic N) is 3. The minimum absolute atomic E-state index is 0.0214. The Balaban J connectivity index is 2.02. The van der Waals surface area contributed by atoms with E-state index in [-0.39, 0.29) is 18.4 Å². The first-order valence-electron chi connectivity index (χ1n) is 5.72. The van der Waals surface area contributed by atoms with Gasteiger partial charge in [-0.25, -0.2) is 0 Å². The molecule has 0 bridgehead atoms. The molecule has 0 atom stereocenters.